The summed E-state index contributed by atoms with van der Waals surface area (Å²) in [5, 5.41) is 1.12. The summed E-state index contributed by atoms with van der Waals surface area (Å²) < 4.78 is 0. The summed E-state index contributed by atoms with van der Waals surface area (Å²) in [4.78, 5) is 0. The monoisotopic (exact) mass is 159 g/mol. The zero-order valence-corrected chi connectivity index (χ0v) is 7.94. The van der Waals surface area contributed by atoms with Gasteiger partial charge in [-0.1, -0.05) is 35.5 Å². The molecule has 1 aromatic carbocycles. The molecule has 0 amide bonds. The van der Waals surface area contributed by atoms with Gasteiger partial charge in [0, 0.05) is 0 Å². The molecule has 55 valence electrons. The average molecular weight is 159 g/mol. The fourth-order valence-electron chi connectivity index (χ4n) is 1.23. The van der Waals surface area contributed by atoms with E-state index in [2.05, 4.69) is 29.8 Å². The number of allylic oxidation sites excluding steroid dienone is 1. The lowest BCUT2D eigenvalue weighted by molar-refractivity contribution is 1.44. The van der Waals surface area contributed by atoms with Gasteiger partial charge in [-0.05, 0) is 25.0 Å². The van der Waals surface area contributed by atoms with Crippen LogP contribution in [0.15, 0.2) is 24.8 Å². The van der Waals surface area contributed by atoms with Crippen molar-refractivity contribution in [2.75, 3.05) is 0 Å². The highest BCUT2D eigenvalue weighted by Crippen LogP contribution is 2.12. The Hall–Kier alpha value is -0.823. The van der Waals surface area contributed by atoms with E-state index in [0.29, 0.717) is 0 Å². The average Bonchev–Trinajstić information content (AvgIpc) is 1.85. The topological polar surface area (TPSA) is 0 Å². The first-order valence-corrected chi connectivity index (χ1v) is 4.10. The van der Waals surface area contributed by atoms with E-state index >= 15 is 0 Å². The summed E-state index contributed by atoms with van der Waals surface area (Å²) in [6, 6.07) is 6.16. The van der Waals surface area contributed by atoms with Gasteiger partial charge < -0.3 is 0 Å². The van der Waals surface area contributed by atoms with Gasteiger partial charge in [-0.25, -0.2) is 0 Å². The van der Waals surface area contributed by atoms with Crippen LogP contribution in [-0.4, -0.2) is 10.2 Å². The minimum atomic E-state index is 1.10. The van der Waals surface area contributed by atoms with Gasteiger partial charge in [-0.3, -0.25) is 0 Å². The Kier molecular flexibility index (Phi) is 2.30. The number of rotatable bonds is 1. The van der Waals surface area contributed by atoms with E-state index in [1.165, 1.54) is 11.1 Å². The van der Waals surface area contributed by atoms with Crippen LogP contribution < -0.4 is 5.19 Å². The van der Waals surface area contributed by atoms with Gasteiger partial charge in [0.25, 0.3) is 0 Å². The molecule has 0 N–H and O–H groups in total. The first-order chi connectivity index (χ1) is 5.13. The Bertz CT molecular complexity index is 267. The maximum Gasteiger partial charge on any atom is 0.0720 e. The van der Waals surface area contributed by atoms with Crippen molar-refractivity contribution in [3.8, 4) is 0 Å². The van der Waals surface area contributed by atoms with E-state index in [0.717, 1.165) is 10.8 Å². The van der Waals surface area contributed by atoms with E-state index in [-0.39, 0.29) is 0 Å². The van der Waals surface area contributed by atoms with E-state index in [9.17, 15) is 0 Å². The first kappa shape index (κ1) is 8.28. The van der Waals surface area contributed by atoms with Crippen LogP contribution in [0.25, 0.3) is 5.57 Å². The van der Waals surface area contributed by atoms with Crippen LogP contribution in [0.1, 0.15) is 18.1 Å². The number of hydrogen-bond acceptors (Lipinski definition) is 0. The highest BCUT2D eigenvalue weighted by Gasteiger charge is 2.00. The molecule has 0 nitrogen and oxygen atoms in total. The minimum Gasteiger partial charge on any atom is -0.0955 e. The molecule has 0 fully saturated rings. The van der Waals surface area contributed by atoms with Crippen molar-refractivity contribution in [2.45, 2.75) is 13.8 Å². The largest absolute Gasteiger partial charge is 0.0955 e. The molecule has 0 aliphatic carbocycles. The van der Waals surface area contributed by atoms with Crippen molar-refractivity contribution < 1.29 is 0 Å². The summed E-state index contributed by atoms with van der Waals surface area (Å²) in [7, 11) is 3.54. The Balaban J connectivity index is 3.32. The molecule has 1 aromatic rings. The fraction of sp³-hybridized carbons (Fsp3) is 0.200. The quantitative estimate of drug-likeness (QED) is 0.548. The highest BCUT2D eigenvalue weighted by atomic mass is 28.1. The van der Waals surface area contributed by atoms with Crippen LogP contribution in [0, 0.1) is 6.92 Å². The second kappa shape index (κ2) is 3.05. The van der Waals surface area contributed by atoms with Gasteiger partial charge in [-0.15, -0.1) is 0 Å². The van der Waals surface area contributed by atoms with E-state index in [1.54, 1.807) is 0 Å². The van der Waals surface area contributed by atoms with Crippen molar-refractivity contribution in [1.29, 1.82) is 0 Å². The Morgan fingerprint density at radius 3 is 2.45 bits per heavy atom. The summed E-state index contributed by atoms with van der Waals surface area (Å²) in [6.07, 6.45) is 0. The summed E-state index contributed by atoms with van der Waals surface area (Å²) in [5.41, 5.74) is 3.60. The van der Waals surface area contributed by atoms with Crippen molar-refractivity contribution in [3.63, 3.8) is 0 Å². The lowest BCUT2D eigenvalue weighted by Crippen LogP contribution is -2.09. The third-order valence-electron chi connectivity index (χ3n) is 1.70. The molecule has 0 saturated carbocycles. The molecule has 0 heterocycles. The highest BCUT2D eigenvalue weighted by molar-refractivity contribution is 6.34. The molecule has 1 heteroatoms. The van der Waals surface area contributed by atoms with Crippen LogP contribution >= 0.6 is 0 Å². The maximum absolute atomic E-state index is 3.92. The predicted octanol–water partition coefficient (Wildman–Crippen LogP) is 1.82. The Labute approximate surface area is 71.4 Å². The van der Waals surface area contributed by atoms with Crippen LogP contribution in [0.4, 0.5) is 0 Å². The van der Waals surface area contributed by atoms with Gasteiger partial charge in [0.15, 0.2) is 0 Å². The second-order valence-corrected chi connectivity index (χ2v) is 3.32. The zero-order valence-electron chi connectivity index (χ0n) is 6.94. The normalized spacial score (nSPS) is 9.73. The SMILES string of the molecule is C=C(C)c1c(C)cccc1[Si]. The van der Waals surface area contributed by atoms with Crippen LogP contribution in [0.5, 0.6) is 0 Å². The third-order valence-corrected chi connectivity index (χ3v) is 2.12. The smallest absolute Gasteiger partial charge is 0.0720 e. The molecule has 0 saturated heterocycles. The molecule has 0 atom stereocenters. The lowest BCUT2D eigenvalue weighted by Gasteiger charge is -2.07. The molecular weight excluding hydrogens is 148 g/mol. The fourth-order valence-corrected chi connectivity index (χ4v) is 1.74. The second-order valence-electron chi connectivity index (χ2n) is 2.78. The van der Waals surface area contributed by atoms with E-state index < -0.39 is 0 Å². The predicted molar refractivity (Wildman–Crippen MR) is 51.3 cm³/mol. The molecule has 0 aromatic heterocycles. The van der Waals surface area contributed by atoms with Crippen molar-refractivity contribution in [3.05, 3.63) is 35.9 Å². The van der Waals surface area contributed by atoms with Crippen molar-refractivity contribution >= 4 is 21.0 Å². The molecule has 3 radical (unpaired) electrons. The van der Waals surface area contributed by atoms with Crippen molar-refractivity contribution in [1.82, 2.24) is 0 Å². The number of aryl methyl sites for hydroxylation is 1. The molecule has 0 aliphatic rings. The summed E-state index contributed by atoms with van der Waals surface area (Å²) >= 11 is 0. The summed E-state index contributed by atoms with van der Waals surface area (Å²) in [6.45, 7) is 8.03. The maximum atomic E-state index is 3.92. The molecule has 0 spiro atoms. The molecule has 0 aliphatic heterocycles. The zero-order chi connectivity index (χ0) is 8.43. The molecule has 0 unspecified atom stereocenters. The van der Waals surface area contributed by atoms with Crippen LogP contribution in [0.3, 0.4) is 0 Å². The van der Waals surface area contributed by atoms with Crippen LogP contribution in [-0.2, 0) is 0 Å². The van der Waals surface area contributed by atoms with E-state index in [4.69, 9.17) is 0 Å². The summed E-state index contributed by atoms with van der Waals surface area (Å²) in [5.74, 6) is 0. The Morgan fingerprint density at radius 2 is 2.09 bits per heavy atom. The molecular formula is C10H11Si. The lowest BCUT2D eigenvalue weighted by atomic mass is 10.0. The minimum absolute atomic E-state index is 1.10. The third kappa shape index (κ3) is 1.60. The first-order valence-electron chi connectivity index (χ1n) is 3.60. The molecule has 1 rings (SSSR count). The van der Waals surface area contributed by atoms with Gasteiger partial charge in [0.05, 0.1) is 10.2 Å². The van der Waals surface area contributed by atoms with Gasteiger partial charge >= 0.3 is 0 Å². The number of benzene rings is 1. The van der Waals surface area contributed by atoms with Crippen LogP contribution in [0.2, 0.25) is 0 Å². The Morgan fingerprint density at radius 1 is 1.45 bits per heavy atom. The number of hydrogen-bond donors (Lipinski definition) is 0. The van der Waals surface area contributed by atoms with Gasteiger partial charge in [-0.2, -0.15) is 0 Å². The van der Waals surface area contributed by atoms with Crippen molar-refractivity contribution in [2.24, 2.45) is 0 Å². The van der Waals surface area contributed by atoms with E-state index in [1.807, 2.05) is 19.1 Å². The molecule has 0 bridgehead atoms. The standard InChI is InChI=1S/C10H11Si/c1-7(2)10-8(3)5-4-6-9(10)11/h4-6H,1H2,2-3H3. The molecule has 11 heavy (non-hydrogen) atoms. The van der Waals surface area contributed by atoms with Gasteiger partial charge in [0.2, 0.25) is 0 Å². The van der Waals surface area contributed by atoms with Gasteiger partial charge in [0.1, 0.15) is 0 Å².